The van der Waals surface area contributed by atoms with Crippen LogP contribution < -0.4 is 0 Å². The minimum Gasteiger partial charge on any atom is -0.363 e. The molecule has 0 aromatic heterocycles. The Bertz CT molecular complexity index is 839. The fourth-order valence-electron chi connectivity index (χ4n) is 5.44. The Morgan fingerprint density at radius 3 is 2.13 bits per heavy atom. The van der Waals surface area contributed by atoms with E-state index in [4.69, 9.17) is 9.98 Å². The topological polar surface area (TPSA) is 31.2 Å². The lowest BCUT2D eigenvalue weighted by atomic mass is 9.96. The van der Waals surface area contributed by atoms with Crippen molar-refractivity contribution in [3.05, 3.63) is 48.2 Å². The molecule has 30 heavy (non-hydrogen) atoms. The molecule has 0 bridgehead atoms. The molecule has 0 fully saturated rings. The van der Waals surface area contributed by atoms with Gasteiger partial charge in [0.25, 0.3) is 0 Å². The largest absolute Gasteiger partial charge is 0.363 e. The van der Waals surface area contributed by atoms with Gasteiger partial charge in [-0.1, -0.05) is 51.2 Å². The lowest BCUT2D eigenvalue weighted by molar-refractivity contribution is 0.231. The number of amidine groups is 1. The Morgan fingerprint density at radius 2 is 1.47 bits per heavy atom. The van der Waals surface area contributed by atoms with Gasteiger partial charge in [0.05, 0.1) is 24.2 Å². The predicted octanol–water partition coefficient (Wildman–Crippen LogP) is 5.01. The van der Waals surface area contributed by atoms with Gasteiger partial charge in [0, 0.05) is 29.4 Å². The quantitative estimate of drug-likeness (QED) is 0.621. The van der Waals surface area contributed by atoms with Crippen molar-refractivity contribution in [2.75, 3.05) is 0 Å². The van der Waals surface area contributed by atoms with Gasteiger partial charge in [0.1, 0.15) is 5.84 Å². The summed E-state index contributed by atoms with van der Waals surface area (Å²) in [6.45, 7) is 16.0. The van der Waals surface area contributed by atoms with Crippen molar-refractivity contribution >= 4 is 11.5 Å². The molecule has 0 saturated heterocycles. The molecule has 3 heterocycles. The van der Waals surface area contributed by atoms with E-state index in [9.17, 15) is 0 Å². The van der Waals surface area contributed by atoms with Crippen molar-refractivity contribution in [1.29, 1.82) is 0 Å². The number of nitrogens with zero attached hydrogens (tertiary/aromatic N) is 4. The van der Waals surface area contributed by atoms with Gasteiger partial charge in [-0.25, -0.2) is 0 Å². The van der Waals surface area contributed by atoms with Crippen molar-refractivity contribution in [3.8, 4) is 0 Å². The van der Waals surface area contributed by atoms with Crippen LogP contribution in [-0.2, 0) is 0 Å². The Balaban J connectivity index is 1.52. The monoisotopic (exact) mass is 406 g/mol. The number of hydrogen-bond acceptors (Lipinski definition) is 4. The molecule has 4 heteroatoms. The Labute approximate surface area is 182 Å². The predicted molar refractivity (Wildman–Crippen MR) is 128 cm³/mol. The van der Waals surface area contributed by atoms with E-state index in [0.29, 0.717) is 36.0 Å². The molecule has 0 N–H and O–H groups in total. The summed E-state index contributed by atoms with van der Waals surface area (Å²) < 4.78 is 0. The summed E-state index contributed by atoms with van der Waals surface area (Å²) in [6.07, 6.45) is 16.8. The zero-order valence-corrected chi connectivity index (χ0v) is 19.7. The first-order chi connectivity index (χ1) is 14.3. The van der Waals surface area contributed by atoms with Crippen LogP contribution in [-0.4, -0.2) is 57.6 Å². The van der Waals surface area contributed by atoms with Crippen LogP contribution in [0.25, 0.3) is 0 Å². The third-order valence-electron chi connectivity index (χ3n) is 6.72. The first-order valence-corrected chi connectivity index (χ1v) is 11.7. The van der Waals surface area contributed by atoms with Gasteiger partial charge >= 0.3 is 0 Å². The first kappa shape index (κ1) is 21.1. The summed E-state index contributed by atoms with van der Waals surface area (Å²) in [5.41, 5.74) is 2.65. The molecule has 0 aromatic carbocycles. The number of dihydropyridines is 1. The summed E-state index contributed by atoms with van der Waals surface area (Å²) in [5, 5.41) is 0. The maximum atomic E-state index is 5.19. The second kappa shape index (κ2) is 8.20. The molecule has 0 radical (unpaired) electrons. The average molecular weight is 407 g/mol. The molecule has 162 valence electrons. The third kappa shape index (κ3) is 3.70. The smallest absolute Gasteiger partial charge is 0.104 e. The van der Waals surface area contributed by atoms with E-state index in [0.717, 1.165) is 6.42 Å². The normalized spacial score (nSPS) is 30.8. The molecule has 0 amide bonds. The highest BCUT2D eigenvalue weighted by atomic mass is 15.3. The number of allylic oxidation sites excluding steroid dienone is 4. The van der Waals surface area contributed by atoms with Crippen LogP contribution in [0.4, 0.5) is 0 Å². The van der Waals surface area contributed by atoms with Gasteiger partial charge in [0.15, 0.2) is 0 Å². The molecule has 4 aliphatic rings. The highest BCUT2D eigenvalue weighted by Gasteiger charge is 2.39. The van der Waals surface area contributed by atoms with Crippen LogP contribution in [0, 0.1) is 11.8 Å². The minimum atomic E-state index is 0.247. The number of aliphatic imine (C=N–C) groups is 2. The van der Waals surface area contributed by atoms with Crippen LogP contribution in [0.5, 0.6) is 0 Å². The molecule has 0 spiro atoms. The Kier molecular flexibility index (Phi) is 5.78. The van der Waals surface area contributed by atoms with Crippen molar-refractivity contribution in [2.24, 2.45) is 21.8 Å². The van der Waals surface area contributed by atoms with Crippen LogP contribution in [0.15, 0.2) is 58.2 Å². The molecule has 5 unspecified atom stereocenters. The van der Waals surface area contributed by atoms with Gasteiger partial charge in [-0.3, -0.25) is 9.98 Å². The van der Waals surface area contributed by atoms with Gasteiger partial charge in [-0.05, 0) is 52.2 Å². The van der Waals surface area contributed by atoms with Crippen LogP contribution in [0.3, 0.4) is 0 Å². The minimum absolute atomic E-state index is 0.247. The first-order valence-electron chi connectivity index (χ1n) is 11.7. The highest BCUT2D eigenvalue weighted by Crippen LogP contribution is 2.35. The summed E-state index contributed by atoms with van der Waals surface area (Å²) in [4.78, 5) is 15.4. The maximum Gasteiger partial charge on any atom is 0.104 e. The number of fused-ring (bicyclic) bond motifs is 2. The Morgan fingerprint density at radius 1 is 0.800 bits per heavy atom. The molecule has 3 aliphatic heterocycles. The molecular weight excluding hydrogens is 368 g/mol. The van der Waals surface area contributed by atoms with E-state index in [1.54, 1.807) is 0 Å². The van der Waals surface area contributed by atoms with Crippen molar-refractivity contribution < 1.29 is 0 Å². The summed E-state index contributed by atoms with van der Waals surface area (Å²) >= 11 is 0. The number of hydrogen-bond donors (Lipinski definition) is 0. The summed E-state index contributed by atoms with van der Waals surface area (Å²) in [7, 11) is 0. The van der Waals surface area contributed by atoms with Crippen molar-refractivity contribution in [1.82, 2.24) is 9.80 Å². The van der Waals surface area contributed by atoms with Gasteiger partial charge in [-0.15, -0.1) is 0 Å². The van der Waals surface area contributed by atoms with Gasteiger partial charge in [0.2, 0.25) is 0 Å². The van der Waals surface area contributed by atoms with E-state index in [-0.39, 0.29) is 12.1 Å². The SMILES string of the molecule is CC(C)C1=CC2N=C(CC(C)C3=NC4C=CC=CC4N3C(C)C)C=CC2N1C(C)C. The Hall–Kier alpha value is -2.10. The van der Waals surface area contributed by atoms with E-state index in [1.165, 1.54) is 17.2 Å². The van der Waals surface area contributed by atoms with E-state index in [2.05, 4.69) is 101 Å². The van der Waals surface area contributed by atoms with E-state index in [1.807, 2.05) is 0 Å². The third-order valence-corrected chi connectivity index (χ3v) is 6.72. The standard InChI is InChI=1S/C26H38N4/c1-16(2)25-15-22-24(29(25)17(3)4)13-12-20(27-22)14-19(7)26-28-21-10-8-9-11-23(21)30(26)18(5)6/h8-13,15-19,21-24H,14H2,1-7H3. The van der Waals surface area contributed by atoms with Crippen LogP contribution >= 0.6 is 0 Å². The fraction of sp³-hybridized carbons (Fsp3) is 0.615. The molecular formula is C26H38N4. The second-order valence-corrected chi connectivity index (χ2v) is 10.1. The van der Waals surface area contributed by atoms with Crippen molar-refractivity contribution in [3.63, 3.8) is 0 Å². The zero-order chi connectivity index (χ0) is 21.6. The molecule has 4 rings (SSSR count). The number of rotatable bonds is 6. The molecule has 5 atom stereocenters. The van der Waals surface area contributed by atoms with Gasteiger partial charge in [-0.2, -0.15) is 0 Å². The lowest BCUT2D eigenvalue weighted by Crippen LogP contribution is -2.45. The average Bonchev–Trinajstić information content (AvgIpc) is 3.26. The van der Waals surface area contributed by atoms with Crippen LogP contribution in [0.2, 0.25) is 0 Å². The summed E-state index contributed by atoms with van der Waals surface area (Å²) in [6, 6.07) is 2.18. The second-order valence-electron chi connectivity index (χ2n) is 10.1. The highest BCUT2D eigenvalue weighted by molar-refractivity contribution is 6.00. The molecule has 0 saturated carbocycles. The maximum absolute atomic E-state index is 5.19. The fourth-order valence-corrected chi connectivity index (χ4v) is 5.44. The molecule has 4 nitrogen and oxygen atoms in total. The van der Waals surface area contributed by atoms with E-state index >= 15 is 0 Å². The van der Waals surface area contributed by atoms with E-state index < -0.39 is 0 Å². The zero-order valence-electron chi connectivity index (χ0n) is 19.7. The van der Waals surface area contributed by atoms with Crippen LogP contribution in [0.1, 0.15) is 54.9 Å². The molecule has 0 aromatic rings. The molecule has 1 aliphatic carbocycles. The lowest BCUT2D eigenvalue weighted by Gasteiger charge is -2.36. The van der Waals surface area contributed by atoms with Gasteiger partial charge < -0.3 is 9.80 Å². The summed E-state index contributed by atoms with van der Waals surface area (Å²) in [5.74, 6) is 2.12. The van der Waals surface area contributed by atoms with Crippen molar-refractivity contribution in [2.45, 2.75) is 91.1 Å².